The fraction of sp³-hybridized carbons (Fsp3) is 0.296. The summed E-state index contributed by atoms with van der Waals surface area (Å²) in [5.74, 6) is -0.335. The Kier molecular flexibility index (Phi) is 8.30. The van der Waals surface area contributed by atoms with Gasteiger partial charge in [-0.1, -0.05) is 24.3 Å². The minimum atomic E-state index is -0.718. The second-order valence-electron chi connectivity index (χ2n) is 7.86. The second kappa shape index (κ2) is 11.4. The third-order valence-electron chi connectivity index (χ3n) is 5.08. The van der Waals surface area contributed by atoms with E-state index in [1.165, 1.54) is 18.9 Å². The zero-order valence-electron chi connectivity index (χ0n) is 20.7. The zero-order chi connectivity index (χ0) is 25.5. The van der Waals surface area contributed by atoms with E-state index in [9.17, 15) is 9.59 Å². The van der Waals surface area contributed by atoms with Gasteiger partial charge in [0.05, 0.1) is 32.6 Å². The van der Waals surface area contributed by atoms with Gasteiger partial charge >= 0.3 is 11.9 Å². The van der Waals surface area contributed by atoms with Crippen molar-refractivity contribution in [1.29, 1.82) is 0 Å². The van der Waals surface area contributed by atoms with Crippen molar-refractivity contribution in [2.45, 2.75) is 33.3 Å². The van der Waals surface area contributed by atoms with Crippen LogP contribution in [0.15, 0.2) is 55.1 Å². The maximum Gasteiger partial charge on any atom is 0.357 e. The van der Waals surface area contributed by atoms with Crippen molar-refractivity contribution in [2.24, 2.45) is 0 Å². The lowest BCUT2D eigenvalue weighted by atomic mass is 10.00. The molecule has 8 nitrogen and oxygen atoms in total. The molecule has 0 bridgehead atoms. The zero-order valence-corrected chi connectivity index (χ0v) is 20.7. The first-order valence-electron chi connectivity index (χ1n) is 11.3. The molecule has 2 aromatic carbocycles. The minimum absolute atomic E-state index is 0.00673. The van der Waals surface area contributed by atoms with Gasteiger partial charge in [0.25, 0.3) is 0 Å². The summed E-state index contributed by atoms with van der Waals surface area (Å²) in [6.07, 6.45) is 2.16. The van der Waals surface area contributed by atoms with E-state index >= 15 is 0 Å². The lowest BCUT2D eigenvalue weighted by Gasteiger charge is -2.19. The number of para-hydroxylation sites is 1. The van der Waals surface area contributed by atoms with Gasteiger partial charge in [-0.3, -0.25) is 0 Å². The van der Waals surface area contributed by atoms with Crippen LogP contribution in [-0.2, 0) is 15.9 Å². The fourth-order valence-electron chi connectivity index (χ4n) is 3.69. The normalized spacial score (nSPS) is 10.7. The van der Waals surface area contributed by atoms with E-state index in [4.69, 9.17) is 18.9 Å². The number of benzene rings is 2. The Balaban J connectivity index is 2.38. The number of allylic oxidation sites excluding steroid dienone is 1. The highest BCUT2D eigenvalue weighted by molar-refractivity contribution is 6.07. The number of carbonyl (C=O) groups excluding carboxylic acids is 2. The number of rotatable bonds is 10. The van der Waals surface area contributed by atoms with Crippen molar-refractivity contribution in [3.05, 3.63) is 71.9 Å². The summed E-state index contributed by atoms with van der Waals surface area (Å²) in [7, 11) is 2.50. The predicted octanol–water partition coefficient (Wildman–Crippen LogP) is 5.03. The average Bonchev–Trinajstić information content (AvgIpc) is 3.26. The van der Waals surface area contributed by atoms with E-state index in [0.29, 0.717) is 35.8 Å². The molecule has 0 spiro atoms. The molecule has 8 heteroatoms. The van der Waals surface area contributed by atoms with E-state index in [1.807, 2.05) is 45.0 Å². The Morgan fingerprint density at radius 2 is 1.77 bits per heavy atom. The standard InChI is InChI=1S/C27H30N2O6/c1-7-12-18-15-19(16-21(34-8-2)25(18)35-17(3)4)23-22(26(30)32-5)24(27(31)33-6)29(28-23)20-13-10-9-11-14-20/h7,9-11,13-17H,1,8,12H2,2-6H3. The highest BCUT2D eigenvalue weighted by atomic mass is 16.5. The Morgan fingerprint density at radius 1 is 1.09 bits per heavy atom. The van der Waals surface area contributed by atoms with Crippen molar-refractivity contribution in [1.82, 2.24) is 9.78 Å². The van der Waals surface area contributed by atoms with Gasteiger partial charge in [-0.05, 0) is 51.5 Å². The van der Waals surface area contributed by atoms with Crippen LogP contribution in [0.2, 0.25) is 0 Å². The Morgan fingerprint density at radius 3 is 2.34 bits per heavy atom. The molecule has 0 N–H and O–H groups in total. The van der Waals surface area contributed by atoms with Crippen LogP contribution in [0.1, 0.15) is 47.2 Å². The number of aromatic nitrogens is 2. The van der Waals surface area contributed by atoms with Crippen molar-refractivity contribution < 1.29 is 28.5 Å². The molecule has 0 radical (unpaired) electrons. The van der Waals surface area contributed by atoms with Gasteiger partial charge in [-0.25, -0.2) is 14.3 Å². The van der Waals surface area contributed by atoms with Crippen LogP contribution >= 0.6 is 0 Å². The van der Waals surface area contributed by atoms with Crippen LogP contribution < -0.4 is 9.47 Å². The van der Waals surface area contributed by atoms with Crippen molar-refractivity contribution in [3.8, 4) is 28.4 Å². The maximum absolute atomic E-state index is 13.0. The number of methoxy groups -OCH3 is 2. The Bertz CT molecular complexity index is 1210. The Hall–Kier alpha value is -4.07. The molecule has 35 heavy (non-hydrogen) atoms. The highest BCUT2D eigenvalue weighted by Gasteiger charge is 2.32. The quantitative estimate of drug-likeness (QED) is 0.298. The summed E-state index contributed by atoms with van der Waals surface area (Å²) in [5, 5.41) is 4.67. The molecular formula is C27H30N2O6. The van der Waals surface area contributed by atoms with Gasteiger partial charge in [0.2, 0.25) is 0 Å². The lowest BCUT2D eigenvalue weighted by Crippen LogP contribution is -2.15. The molecule has 0 saturated carbocycles. The molecule has 184 valence electrons. The molecule has 3 aromatic rings. The third-order valence-corrected chi connectivity index (χ3v) is 5.08. The molecule has 3 rings (SSSR count). The molecule has 0 amide bonds. The van der Waals surface area contributed by atoms with Crippen molar-refractivity contribution >= 4 is 11.9 Å². The minimum Gasteiger partial charge on any atom is -0.490 e. The molecule has 0 saturated heterocycles. The average molecular weight is 479 g/mol. The molecule has 0 unspecified atom stereocenters. The van der Waals surface area contributed by atoms with Crippen LogP contribution in [0.3, 0.4) is 0 Å². The predicted molar refractivity (Wildman–Crippen MR) is 133 cm³/mol. The monoisotopic (exact) mass is 478 g/mol. The van der Waals surface area contributed by atoms with Crippen LogP contribution in [-0.4, -0.2) is 48.6 Å². The first kappa shape index (κ1) is 25.6. The van der Waals surface area contributed by atoms with Crippen LogP contribution in [0.25, 0.3) is 16.9 Å². The van der Waals surface area contributed by atoms with Gasteiger partial charge in [-0.2, -0.15) is 5.10 Å². The summed E-state index contributed by atoms with van der Waals surface area (Å²) in [6, 6.07) is 12.6. The number of hydrogen-bond donors (Lipinski definition) is 0. The number of hydrogen-bond acceptors (Lipinski definition) is 7. The van der Waals surface area contributed by atoms with Gasteiger partial charge in [0.1, 0.15) is 11.3 Å². The first-order valence-corrected chi connectivity index (χ1v) is 11.3. The van der Waals surface area contributed by atoms with Gasteiger partial charge in [0, 0.05) is 11.1 Å². The second-order valence-corrected chi connectivity index (χ2v) is 7.86. The maximum atomic E-state index is 13.0. The SMILES string of the molecule is C=CCc1cc(-c2nn(-c3ccccc3)c(C(=O)OC)c2C(=O)OC)cc(OCC)c1OC(C)C. The molecule has 0 aliphatic rings. The van der Waals surface area contributed by atoms with E-state index < -0.39 is 11.9 Å². The summed E-state index contributed by atoms with van der Waals surface area (Å²) in [4.78, 5) is 25.8. The molecular weight excluding hydrogens is 448 g/mol. The van der Waals surface area contributed by atoms with Crippen LogP contribution in [0, 0.1) is 0 Å². The summed E-state index contributed by atoms with van der Waals surface area (Å²) in [6.45, 7) is 9.99. The summed E-state index contributed by atoms with van der Waals surface area (Å²) < 4.78 is 23.4. The van der Waals surface area contributed by atoms with E-state index in [0.717, 1.165) is 5.56 Å². The number of nitrogens with zero attached hydrogens (tertiary/aromatic N) is 2. The summed E-state index contributed by atoms with van der Waals surface area (Å²) >= 11 is 0. The van der Waals surface area contributed by atoms with Crippen molar-refractivity contribution in [2.75, 3.05) is 20.8 Å². The number of carbonyl (C=O) groups is 2. The first-order chi connectivity index (χ1) is 16.9. The van der Waals surface area contributed by atoms with Crippen molar-refractivity contribution in [3.63, 3.8) is 0 Å². The van der Waals surface area contributed by atoms with E-state index in [1.54, 1.807) is 24.3 Å². The molecule has 0 aliphatic carbocycles. The molecule has 0 aliphatic heterocycles. The van der Waals surface area contributed by atoms with Gasteiger partial charge in [-0.15, -0.1) is 6.58 Å². The fourth-order valence-corrected chi connectivity index (χ4v) is 3.69. The third kappa shape index (κ3) is 5.37. The van der Waals surface area contributed by atoms with Gasteiger partial charge < -0.3 is 18.9 Å². The molecule has 0 atom stereocenters. The van der Waals surface area contributed by atoms with Crippen LogP contribution in [0.5, 0.6) is 11.5 Å². The topological polar surface area (TPSA) is 88.9 Å². The smallest absolute Gasteiger partial charge is 0.357 e. The molecule has 1 aromatic heterocycles. The van der Waals surface area contributed by atoms with Crippen LogP contribution in [0.4, 0.5) is 0 Å². The highest BCUT2D eigenvalue weighted by Crippen LogP contribution is 2.39. The van der Waals surface area contributed by atoms with E-state index in [-0.39, 0.29) is 23.1 Å². The number of esters is 2. The Labute approximate surface area is 205 Å². The molecule has 0 fully saturated rings. The lowest BCUT2D eigenvalue weighted by molar-refractivity contribution is 0.0549. The largest absolute Gasteiger partial charge is 0.490 e. The van der Waals surface area contributed by atoms with E-state index in [2.05, 4.69) is 11.7 Å². The number of ether oxygens (including phenoxy) is 4. The van der Waals surface area contributed by atoms with Gasteiger partial charge in [0.15, 0.2) is 17.2 Å². The molecule has 1 heterocycles. The summed E-state index contributed by atoms with van der Waals surface area (Å²) in [5.41, 5.74) is 2.16.